The van der Waals surface area contributed by atoms with Gasteiger partial charge in [-0.05, 0) is 5.56 Å². The summed E-state index contributed by atoms with van der Waals surface area (Å²) in [6, 6.07) is 8.44. The van der Waals surface area contributed by atoms with Crippen LogP contribution in [0.4, 0.5) is 4.79 Å². The Morgan fingerprint density at radius 2 is 1.91 bits per heavy atom. The molecule has 1 rings (SSSR count). The molecule has 0 aliphatic carbocycles. The van der Waals surface area contributed by atoms with Gasteiger partial charge in [0.15, 0.2) is 0 Å². The molecule has 0 aliphatic heterocycles. The number of nitrogens with one attached hydrogen (secondary N) is 2. The quantitative estimate of drug-likeness (QED) is 0.483. The van der Waals surface area contributed by atoms with Gasteiger partial charge in [0, 0.05) is 18.7 Å². The summed E-state index contributed by atoms with van der Waals surface area (Å²) >= 11 is 3.96. The van der Waals surface area contributed by atoms with Gasteiger partial charge >= 0.3 is 12.1 Å². The lowest BCUT2D eigenvalue weighted by molar-refractivity contribution is -0.144. The number of hydrogen-bond donors (Lipinski definition) is 3. The number of methoxy groups -OCH3 is 1. The number of hydrogen-bond acceptors (Lipinski definition) is 6. The number of alkyl carbamates (subject to hydrolysis) is 1. The third-order valence-corrected chi connectivity index (χ3v) is 3.20. The van der Waals surface area contributed by atoms with E-state index in [0.717, 1.165) is 5.56 Å². The summed E-state index contributed by atoms with van der Waals surface area (Å²) in [6.45, 7) is 0.253. The summed E-state index contributed by atoms with van der Waals surface area (Å²) in [4.78, 5) is 34.4. The maximum Gasteiger partial charge on any atom is 0.407 e. The molecule has 0 aromatic heterocycles. The Morgan fingerprint density at radius 3 is 2.52 bits per heavy atom. The van der Waals surface area contributed by atoms with Crippen LogP contribution in [0.5, 0.6) is 0 Å². The first-order valence-corrected chi connectivity index (χ1v) is 7.62. The number of ether oxygens (including phenoxy) is 2. The van der Waals surface area contributed by atoms with Crippen molar-refractivity contribution in [2.75, 3.05) is 19.4 Å². The van der Waals surface area contributed by atoms with E-state index in [2.05, 4.69) is 28.0 Å². The average molecular weight is 340 g/mol. The zero-order valence-electron chi connectivity index (χ0n) is 12.8. The zero-order chi connectivity index (χ0) is 17.1. The molecule has 23 heavy (non-hydrogen) atoms. The molecular weight excluding hydrogens is 320 g/mol. The van der Waals surface area contributed by atoms with Crippen LogP contribution in [0.25, 0.3) is 0 Å². The number of benzene rings is 1. The minimum Gasteiger partial charge on any atom is -0.467 e. The minimum atomic E-state index is -0.805. The molecule has 1 aromatic carbocycles. The maximum absolute atomic E-state index is 11.6. The first-order chi connectivity index (χ1) is 11.1. The van der Waals surface area contributed by atoms with E-state index in [0.29, 0.717) is 0 Å². The molecule has 0 radical (unpaired) electrons. The van der Waals surface area contributed by atoms with Crippen LogP contribution in [-0.2, 0) is 25.7 Å². The molecule has 0 spiro atoms. The first kappa shape index (κ1) is 18.8. The number of esters is 1. The summed E-state index contributed by atoms with van der Waals surface area (Å²) in [5.74, 6) is -0.827. The van der Waals surface area contributed by atoms with Crippen LogP contribution < -0.4 is 10.6 Å². The summed E-state index contributed by atoms with van der Waals surface area (Å²) in [7, 11) is 1.23. The Labute approximate surface area is 140 Å². The molecule has 0 aliphatic rings. The summed E-state index contributed by atoms with van der Waals surface area (Å²) in [5.41, 5.74) is 0.870. The van der Waals surface area contributed by atoms with Gasteiger partial charge in [-0.2, -0.15) is 12.6 Å². The van der Waals surface area contributed by atoms with Crippen molar-refractivity contribution in [3.05, 3.63) is 35.9 Å². The van der Waals surface area contributed by atoms with Gasteiger partial charge < -0.3 is 20.1 Å². The lowest BCUT2D eigenvalue weighted by atomic mass is 10.2. The van der Waals surface area contributed by atoms with Crippen molar-refractivity contribution in [3.63, 3.8) is 0 Å². The van der Waals surface area contributed by atoms with E-state index in [4.69, 9.17) is 4.74 Å². The number of amides is 2. The van der Waals surface area contributed by atoms with Crippen molar-refractivity contribution in [1.29, 1.82) is 0 Å². The second kappa shape index (κ2) is 10.5. The van der Waals surface area contributed by atoms with Crippen molar-refractivity contribution in [2.24, 2.45) is 0 Å². The van der Waals surface area contributed by atoms with Crippen molar-refractivity contribution in [2.45, 2.75) is 19.1 Å². The highest BCUT2D eigenvalue weighted by Crippen LogP contribution is 2.00. The van der Waals surface area contributed by atoms with E-state index in [-0.39, 0.29) is 25.3 Å². The highest BCUT2D eigenvalue weighted by Gasteiger charge is 2.19. The molecule has 126 valence electrons. The molecule has 0 bridgehead atoms. The fraction of sp³-hybridized carbons (Fsp3) is 0.400. The van der Waals surface area contributed by atoms with Crippen LogP contribution >= 0.6 is 12.6 Å². The predicted molar refractivity (Wildman–Crippen MR) is 87.0 cm³/mol. The van der Waals surface area contributed by atoms with Gasteiger partial charge in [-0.1, -0.05) is 30.3 Å². The molecule has 2 amide bonds. The van der Waals surface area contributed by atoms with E-state index < -0.39 is 24.0 Å². The highest BCUT2D eigenvalue weighted by atomic mass is 32.1. The van der Waals surface area contributed by atoms with Gasteiger partial charge in [-0.3, -0.25) is 4.79 Å². The maximum atomic E-state index is 11.6. The fourth-order valence-electron chi connectivity index (χ4n) is 1.64. The molecule has 0 saturated carbocycles. The molecule has 0 saturated heterocycles. The molecule has 1 atom stereocenters. The van der Waals surface area contributed by atoms with Crippen LogP contribution in [0.15, 0.2) is 30.3 Å². The van der Waals surface area contributed by atoms with Gasteiger partial charge in [0.2, 0.25) is 5.91 Å². The average Bonchev–Trinajstić information content (AvgIpc) is 2.58. The SMILES string of the molecule is COC(=O)[C@H](CS)NC(=O)CCNC(=O)OCc1ccccc1. The van der Waals surface area contributed by atoms with E-state index in [1.165, 1.54) is 7.11 Å². The number of carbonyl (C=O) groups excluding carboxylic acids is 3. The summed E-state index contributed by atoms with van der Waals surface area (Å²) in [6.07, 6.45) is -0.595. The van der Waals surface area contributed by atoms with Gasteiger partial charge in [0.1, 0.15) is 12.6 Å². The number of rotatable bonds is 8. The van der Waals surface area contributed by atoms with E-state index in [1.54, 1.807) is 0 Å². The molecule has 1 aromatic rings. The third kappa shape index (κ3) is 7.55. The van der Waals surface area contributed by atoms with Crippen LogP contribution in [0, 0.1) is 0 Å². The van der Waals surface area contributed by atoms with Crippen LogP contribution in [-0.4, -0.2) is 43.4 Å². The smallest absolute Gasteiger partial charge is 0.407 e. The van der Waals surface area contributed by atoms with Gasteiger partial charge in [0.25, 0.3) is 0 Å². The standard InChI is InChI=1S/C15H20N2O5S/c1-21-14(19)12(10-23)17-13(18)7-8-16-15(20)22-9-11-5-3-2-4-6-11/h2-6,12,23H,7-10H2,1H3,(H,16,20)(H,17,18)/t12-/m0/s1. The minimum absolute atomic E-state index is 0.0156. The largest absolute Gasteiger partial charge is 0.467 e. The Hall–Kier alpha value is -2.22. The first-order valence-electron chi connectivity index (χ1n) is 6.99. The Bertz CT molecular complexity index is 524. The lowest BCUT2D eigenvalue weighted by Crippen LogP contribution is -2.43. The van der Waals surface area contributed by atoms with Gasteiger partial charge in [-0.25, -0.2) is 9.59 Å². The van der Waals surface area contributed by atoms with Gasteiger partial charge in [0.05, 0.1) is 7.11 Å². The fourth-order valence-corrected chi connectivity index (χ4v) is 1.88. The molecule has 0 unspecified atom stereocenters. The van der Waals surface area contributed by atoms with Crippen molar-refractivity contribution >= 4 is 30.6 Å². The number of thiol groups is 1. The molecule has 2 N–H and O–H groups in total. The lowest BCUT2D eigenvalue weighted by Gasteiger charge is -2.14. The molecular formula is C15H20N2O5S. The monoisotopic (exact) mass is 340 g/mol. The number of carbonyl (C=O) groups is 3. The van der Waals surface area contributed by atoms with Gasteiger partial charge in [-0.15, -0.1) is 0 Å². The predicted octanol–water partition coefficient (Wildman–Crippen LogP) is 0.890. The molecule has 0 heterocycles. The van der Waals surface area contributed by atoms with Crippen LogP contribution in [0.2, 0.25) is 0 Å². The van der Waals surface area contributed by atoms with Crippen molar-refractivity contribution in [3.8, 4) is 0 Å². The van der Waals surface area contributed by atoms with Crippen molar-refractivity contribution < 1.29 is 23.9 Å². The zero-order valence-corrected chi connectivity index (χ0v) is 13.7. The second-order valence-electron chi connectivity index (χ2n) is 4.56. The highest BCUT2D eigenvalue weighted by molar-refractivity contribution is 7.80. The van der Waals surface area contributed by atoms with Crippen LogP contribution in [0.3, 0.4) is 0 Å². The summed E-state index contributed by atoms with van der Waals surface area (Å²) < 4.78 is 9.53. The molecule has 7 nitrogen and oxygen atoms in total. The molecule has 8 heteroatoms. The Balaban J connectivity index is 2.21. The Morgan fingerprint density at radius 1 is 1.22 bits per heavy atom. The third-order valence-electron chi connectivity index (χ3n) is 2.84. The summed E-state index contributed by atoms with van der Waals surface area (Å²) in [5, 5.41) is 4.93. The normalized spacial score (nSPS) is 11.2. The second-order valence-corrected chi connectivity index (χ2v) is 4.93. The topological polar surface area (TPSA) is 93.7 Å². The van der Waals surface area contributed by atoms with Crippen LogP contribution in [0.1, 0.15) is 12.0 Å². The Kier molecular flexibility index (Phi) is 8.59. The van der Waals surface area contributed by atoms with E-state index in [9.17, 15) is 14.4 Å². The molecule has 0 fully saturated rings. The van der Waals surface area contributed by atoms with E-state index in [1.807, 2.05) is 30.3 Å². The van der Waals surface area contributed by atoms with E-state index >= 15 is 0 Å². The van der Waals surface area contributed by atoms with Crippen molar-refractivity contribution in [1.82, 2.24) is 10.6 Å².